The molecule has 2 N–H and O–H groups in total. The van der Waals surface area contributed by atoms with E-state index >= 15 is 0 Å². The Morgan fingerprint density at radius 3 is 2.64 bits per heavy atom. The zero-order valence-corrected chi connectivity index (χ0v) is 13.6. The lowest BCUT2D eigenvalue weighted by atomic mass is 10.2. The summed E-state index contributed by atoms with van der Waals surface area (Å²) in [6.45, 7) is 8.14. The van der Waals surface area contributed by atoms with Crippen molar-refractivity contribution in [2.45, 2.75) is 39.3 Å². The third-order valence-electron chi connectivity index (χ3n) is 3.51. The van der Waals surface area contributed by atoms with E-state index < -0.39 is 0 Å². The molecule has 1 amide bonds. The highest BCUT2D eigenvalue weighted by Gasteiger charge is 2.17. The van der Waals surface area contributed by atoms with Gasteiger partial charge in [0.2, 0.25) is 5.91 Å². The standard InChI is InChI=1S/C17H26N2O3/c1-12(2)10-18-17(20)13(3)19-14-4-6-15(7-5-14)22-16-8-9-21-11-16/h4-7,12-13,16,19H,8-11H2,1-3H3,(H,18,20)/t13-,16-/m0/s1. The van der Waals surface area contributed by atoms with Crippen LogP contribution in [-0.2, 0) is 9.53 Å². The Hall–Kier alpha value is -1.75. The third-order valence-corrected chi connectivity index (χ3v) is 3.51. The monoisotopic (exact) mass is 306 g/mol. The minimum Gasteiger partial charge on any atom is -0.488 e. The van der Waals surface area contributed by atoms with Gasteiger partial charge in [-0.1, -0.05) is 13.8 Å². The van der Waals surface area contributed by atoms with E-state index in [-0.39, 0.29) is 18.1 Å². The van der Waals surface area contributed by atoms with Gasteiger partial charge in [0.15, 0.2) is 0 Å². The molecule has 1 fully saturated rings. The minimum atomic E-state index is -0.270. The Morgan fingerprint density at radius 1 is 1.32 bits per heavy atom. The molecular formula is C17H26N2O3. The third kappa shape index (κ3) is 5.22. The van der Waals surface area contributed by atoms with Crippen molar-refractivity contribution >= 4 is 11.6 Å². The molecule has 0 unspecified atom stereocenters. The molecule has 122 valence electrons. The maximum atomic E-state index is 11.9. The summed E-state index contributed by atoms with van der Waals surface area (Å²) in [5.74, 6) is 1.29. The first kappa shape index (κ1) is 16.6. The van der Waals surface area contributed by atoms with Crippen LogP contribution in [0.4, 0.5) is 5.69 Å². The van der Waals surface area contributed by atoms with Crippen LogP contribution in [0.3, 0.4) is 0 Å². The molecule has 22 heavy (non-hydrogen) atoms. The molecule has 0 aromatic heterocycles. The molecule has 5 nitrogen and oxygen atoms in total. The molecule has 2 rings (SSSR count). The van der Waals surface area contributed by atoms with E-state index in [1.165, 1.54) is 0 Å². The second kappa shape index (κ2) is 8.03. The SMILES string of the molecule is CC(C)CNC(=O)[C@H](C)Nc1ccc(O[C@H]2CCOC2)cc1. The van der Waals surface area contributed by atoms with Crippen molar-refractivity contribution in [2.75, 3.05) is 25.1 Å². The summed E-state index contributed by atoms with van der Waals surface area (Å²) in [5.41, 5.74) is 0.905. The second-order valence-corrected chi connectivity index (χ2v) is 6.13. The van der Waals surface area contributed by atoms with Crippen molar-refractivity contribution in [3.63, 3.8) is 0 Å². The lowest BCUT2D eigenvalue weighted by Gasteiger charge is -2.17. The number of nitrogens with one attached hydrogen (secondary N) is 2. The Balaban J connectivity index is 1.80. The van der Waals surface area contributed by atoms with Crippen molar-refractivity contribution in [1.82, 2.24) is 5.32 Å². The van der Waals surface area contributed by atoms with Crippen LogP contribution in [0.2, 0.25) is 0 Å². The van der Waals surface area contributed by atoms with Crippen LogP contribution in [0, 0.1) is 5.92 Å². The van der Waals surface area contributed by atoms with Crippen molar-refractivity contribution < 1.29 is 14.3 Å². The predicted octanol–water partition coefficient (Wildman–Crippen LogP) is 2.43. The zero-order chi connectivity index (χ0) is 15.9. The Kier molecular flexibility index (Phi) is 6.07. The molecule has 1 aliphatic rings. The largest absolute Gasteiger partial charge is 0.488 e. The Labute approximate surface area is 132 Å². The first-order chi connectivity index (χ1) is 10.5. The van der Waals surface area contributed by atoms with Crippen LogP contribution in [0.1, 0.15) is 27.2 Å². The fraction of sp³-hybridized carbons (Fsp3) is 0.588. The zero-order valence-electron chi connectivity index (χ0n) is 13.6. The normalized spacial score (nSPS) is 19.0. The molecule has 0 aliphatic carbocycles. The van der Waals surface area contributed by atoms with Gasteiger partial charge in [-0.25, -0.2) is 0 Å². The summed E-state index contributed by atoms with van der Waals surface area (Å²) in [7, 11) is 0. The van der Waals surface area contributed by atoms with E-state index in [1.807, 2.05) is 31.2 Å². The Bertz CT molecular complexity index is 467. The number of carbonyl (C=O) groups excluding carboxylic acids is 1. The van der Waals surface area contributed by atoms with E-state index in [1.54, 1.807) is 0 Å². The average Bonchev–Trinajstić information content (AvgIpc) is 2.99. The summed E-state index contributed by atoms with van der Waals surface area (Å²) in [6.07, 6.45) is 1.09. The summed E-state index contributed by atoms with van der Waals surface area (Å²) in [4.78, 5) is 11.9. The van der Waals surface area contributed by atoms with Crippen molar-refractivity contribution in [3.8, 4) is 5.75 Å². The molecule has 0 spiro atoms. The van der Waals surface area contributed by atoms with E-state index in [2.05, 4.69) is 24.5 Å². The number of ether oxygens (including phenoxy) is 2. The molecule has 0 bridgehead atoms. The number of benzene rings is 1. The fourth-order valence-electron chi connectivity index (χ4n) is 2.20. The van der Waals surface area contributed by atoms with Gasteiger partial charge in [0.05, 0.1) is 13.2 Å². The van der Waals surface area contributed by atoms with E-state index in [0.717, 1.165) is 24.5 Å². The van der Waals surface area contributed by atoms with Gasteiger partial charge in [0.1, 0.15) is 17.9 Å². The molecule has 2 atom stereocenters. The van der Waals surface area contributed by atoms with E-state index in [0.29, 0.717) is 19.1 Å². The van der Waals surface area contributed by atoms with Crippen molar-refractivity contribution in [3.05, 3.63) is 24.3 Å². The summed E-state index contributed by atoms with van der Waals surface area (Å²) in [6, 6.07) is 7.42. The lowest BCUT2D eigenvalue weighted by Crippen LogP contribution is -2.39. The topological polar surface area (TPSA) is 59.6 Å². The number of amides is 1. The van der Waals surface area contributed by atoms with Crippen LogP contribution in [0.15, 0.2) is 24.3 Å². The number of hydrogen-bond acceptors (Lipinski definition) is 4. The van der Waals surface area contributed by atoms with Crippen LogP contribution >= 0.6 is 0 Å². The molecule has 1 aliphatic heterocycles. The average molecular weight is 306 g/mol. The van der Waals surface area contributed by atoms with Crippen molar-refractivity contribution in [1.29, 1.82) is 0 Å². The van der Waals surface area contributed by atoms with Gasteiger partial charge in [0.25, 0.3) is 0 Å². The highest BCUT2D eigenvalue weighted by atomic mass is 16.5. The number of carbonyl (C=O) groups is 1. The maximum absolute atomic E-state index is 11.9. The minimum absolute atomic E-state index is 0.0112. The van der Waals surface area contributed by atoms with Gasteiger partial charge in [-0.2, -0.15) is 0 Å². The molecule has 1 aromatic carbocycles. The van der Waals surface area contributed by atoms with E-state index in [9.17, 15) is 4.79 Å². The van der Waals surface area contributed by atoms with Crippen LogP contribution in [0.25, 0.3) is 0 Å². The quantitative estimate of drug-likeness (QED) is 0.812. The molecule has 0 saturated carbocycles. The Morgan fingerprint density at radius 2 is 2.05 bits per heavy atom. The number of rotatable bonds is 7. The highest BCUT2D eigenvalue weighted by Crippen LogP contribution is 2.20. The smallest absolute Gasteiger partial charge is 0.242 e. The number of hydrogen-bond donors (Lipinski definition) is 2. The van der Waals surface area contributed by atoms with Gasteiger partial charge in [-0.15, -0.1) is 0 Å². The van der Waals surface area contributed by atoms with Gasteiger partial charge in [-0.3, -0.25) is 4.79 Å². The number of anilines is 1. The fourth-order valence-corrected chi connectivity index (χ4v) is 2.20. The summed E-state index contributed by atoms with van der Waals surface area (Å²) in [5, 5.41) is 6.12. The molecular weight excluding hydrogens is 280 g/mol. The van der Waals surface area contributed by atoms with Gasteiger partial charge in [0, 0.05) is 18.7 Å². The summed E-state index contributed by atoms with van der Waals surface area (Å²) < 4.78 is 11.1. The summed E-state index contributed by atoms with van der Waals surface area (Å²) >= 11 is 0. The highest BCUT2D eigenvalue weighted by molar-refractivity contribution is 5.84. The van der Waals surface area contributed by atoms with Gasteiger partial charge >= 0.3 is 0 Å². The molecule has 0 radical (unpaired) electrons. The van der Waals surface area contributed by atoms with Crippen LogP contribution in [-0.4, -0.2) is 37.8 Å². The van der Waals surface area contributed by atoms with E-state index in [4.69, 9.17) is 9.47 Å². The molecule has 1 saturated heterocycles. The van der Waals surface area contributed by atoms with Crippen LogP contribution < -0.4 is 15.4 Å². The molecule has 1 aromatic rings. The first-order valence-electron chi connectivity index (χ1n) is 7.93. The van der Waals surface area contributed by atoms with Crippen LogP contribution in [0.5, 0.6) is 5.75 Å². The lowest BCUT2D eigenvalue weighted by molar-refractivity contribution is -0.121. The first-order valence-corrected chi connectivity index (χ1v) is 7.93. The molecule has 1 heterocycles. The second-order valence-electron chi connectivity index (χ2n) is 6.13. The van der Waals surface area contributed by atoms with Crippen molar-refractivity contribution in [2.24, 2.45) is 5.92 Å². The maximum Gasteiger partial charge on any atom is 0.242 e. The molecule has 5 heteroatoms. The van der Waals surface area contributed by atoms with Gasteiger partial charge in [-0.05, 0) is 37.1 Å². The predicted molar refractivity (Wildman–Crippen MR) is 87.2 cm³/mol. The van der Waals surface area contributed by atoms with Gasteiger partial charge < -0.3 is 20.1 Å².